The quantitative estimate of drug-likeness (QED) is 0.773. The molecule has 27 heavy (non-hydrogen) atoms. The van der Waals surface area contributed by atoms with E-state index < -0.39 is 28.2 Å². The molecular formula is C17H22N2O7S. The van der Waals surface area contributed by atoms with Gasteiger partial charge in [-0.15, -0.1) is 0 Å². The van der Waals surface area contributed by atoms with Crippen molar-refractivity contribution >= 4 is 27.6 Å². The van der Waals surface area contributed by atoms with Gasteiger partial charge < -0.3 is 19.5 Å². The summed E-state index contributed by atoms with van der Waals surface area (Å²) in [5.41, 5.74) is 0.539. The highest BCUT2D eigenvalue weighted by Crippen LogP contribution is 2.32. The van der Waals surface area contributed by atoms with Gasteiger partial charge in [0.15, 0.2) is 0 Å². The first-order chi connectivity index (χ1) is 12.6. The summed E-state index contributed by atoms with van der Waals surface area (Å²) in [4.78, 5) is 25.4. The molecular weight excluding hydrogens is 376 g/mol. The predicted octanol–water partition coefficient (Wildman–Crippen LogP) is 0.913. The van der Waals surface area contributed by atoms with Crippen LogP contribution < -0.4 is 9.46 Å². The average Bonchev–Trinajstić information content (AvgIpc) is 2.56. The smallest absolute Gasteiger partial charge is 0.305 e. The van der Waals surface area contributed by atoms with Gasteiger partial charge in [0.25, 0.3) is 5.91 Å². The number of hydrogen-bond acceptors (Lipinski definition) is 6. The van der Waals surface area contributed by atoms with E-state index in [0.29, 0.717) is 18.6 Å². The SMILES string of the molecule is CN1C(=O)c2cc(NS(C)(=O)=O)ccc2OC[C@H]2O[C@H](CC(=O)O)CC[C@H]21. The molecule has 0 unspecified atom stereocenters. The molecule has 3 rings (SSSR count). The number of carbonyl (C=O) groups is 2. The van der Waals surface area contributed by atoms with E-state index >= 15 is 0 Å². The van der Waals surface area contributed by atoms with Gasteiger partial charge in [-0.3, -0.25) is 14.3 Å². The number of carboxylic acids is 1. The Morgan fingerprint density at radius 2 is 2.11 bits per heavy atom. The molecule has 0 radical (unpaired) electrons. The van der Waals surface area contributed by atoms with Crippen molar-refractivity contribution in [3.63, 3.8) is 0 Å². The predicted molar refractivity (Wildman–Crippen MR) is 96.4 cm³/mol. The van der Waals surface area contributed by atoms with Crippen LogP contribution in [0.2, 0.25) is 0 Å². The molecule has 0 saturated carbocycles. The summed E-state index contributed by atoms with van der Waals surface area (Å²) in [6.45, 7) is 0.171. The molecule has 1 saturated heterocycles. The Hall–Kier alpha value is -2.33. The Labute approximate surface area is 157 Å². The summed E-state index contributed by atoms with van der Waals surface area (Å²) in [5.74, 6) is -0.906. The third-order valence-electron chi connectivity index (χ3n) is 4.72. The van der Waals surface area contributed by atoms with E-state index in [1.807, 2.05) is 0 Å². The number of nitrogens with zero attached hydrogens (tertiary/aromatic N) is 1. The van der Waals surface area contributed by atoms with Crippen molar-refractivity contribution in [2.45, 2.75) is 37.5 Å². The Morgan fingerprint density at radius 3 is 2.78 bits per heavy atom. The van der Waals surface area contributed by atoms with Gasteiger partial charge in [0, 0.05) is 12.7 Å². The minimum Gasteiger partial charge on any atom is -0.490 e. The van der Waals surface area contributed by atoms with Crippen molar-refractivity contribution in [1.29, 1.82) is 0 Å². The van der Waals surface area contributed by atoms with Crippen LogP contribution in [0.25, 0.3) is 0 Å². The molecule has 2 N–H and O–H groups in total. The molecule has 1 fully saturated rings. The van der Waals surface area contributed by atoms with E-state index in [-0.39, 0.29) is 36.2 Å². The molecule has 9 nitrogen and oxygen atoms in total. The van der Waals surface area contributed by atoms with Crippen molar-refractivity contribution in [3.8, 4) is 5.75 Å². The lowest BCUT2D eigenvalue weighted by Crippen LogP contribution is -2.53. The summed E-state index contributed by atoms with van der Waals surface area (Å²) in [7, 11) is -1.81. The van der Waals surface area contributed by atoms with Crippen molar-refractivity contribution in [2.75, 3.05) is 24.6 Å². The van der Waals surface area contributed by atoms with Crippen molar-refractivity contribution in [2.24, 2.45) is 0 Å². The summed E-state index contributed by atoms with van der Waals surface area (Å²) in [6, 6.07) is 4.25. The maximum Gasteiger partial charge on any atom is 0.305 e. The van der Waals surface area contributed by atoms with E-state index in [1.165, 1.54) is 18.2 Å². The maximum absolute atomic E-state index is 12.9. The largest absolute Gasteiger partial charge is 0.490 e. The molecule has 3 atom stereocenters. The number of nitrogens with one attached hydrogen (secondary N) is 1. The Bertz CT molecular complexity index is 855. The van der Waals surface area contributed by atoms with Crippen LogP contribution in [0.15, 0.2) is 18.2 Å². The molecule has 2 heterocycles. The molecule has 0 aliphatic carbocycles. The van der Waals surface area contributed by atoms with Gasteiger partial charge in [-0.1, -0.05) is 0 Å². The average molecular weight is 398 g/mol. The molecule has 1 aromatic carbocycles. The van der Waals surface area contributed by atoms with Crippen molar-refractivity contribution in [3.05, 3.63) is 23.8 Å². The van der Waals surface area contributed by atoms with Crippen LogP contribution in [0.5, 0.6) is 5.75 Å². The third-order valence-corrected chi connectivity index (χ3v) is 5.32. The first kappa shape index (κ1) is 19.4. The minimum atomic E-state index is -3.47. The standard InChI is InChI=1S/C17H22N2O7S/c1-19-13-5-4-11(8-16(20)21)26-15(13)9-25-14-6-3-10(18-27(2,23)24)7-12(14)17(19)22/h3,6-7,11,13,15,18H,4-5,8-9H2,1-2H3,(H,20,21)/t11-,13+,15+/m0/s1. The topological polar surface area (TPSA) is 122 Å². The fourth-order valence-electron chi connectivity index (χ4n) is 3.50. The number of amides is 1. The van der Waals surface area contributed by atoms with Crippen LogP contribution in [-0.2, 0) is 19.6 Å². The van der Waals surface area contributed by atoms with Crippen LogP contribution in [0.1, 0.15) is 29.6 Å². The number of benzene rings is 1. The number of carboxylic acid groups (broad SMARTS) is 1. The second kappa shape index (κ2) is 7.35. The van der Waals surface area contributed by atoms with Crippen molar-refractivity contribution in [1.82, 2.24) is 4.90 Å². The van der Waals surface area contributed by atoms with Crippen LogP contribution in [0.4, 0.5) is 5.69 Å². The third kappa shape index (κ3) is 4.51. The van der Waals surface area contributed by atoms with Gasteiger partial charge >= 0.3 is 5.97 Å². The zero-order valence-electron chi connectivity index (χ0n) is 15.0. The van der Waals surface area contributed by atoms with Crippen molar-refractivity contribution < 1.29 is 32.6 Å². The highest BCUT2D eigenvalue weighted by molar-refractivity contribution is 7.92. The zero-order chi connectivity index (χ0) is 19.8. The molecule has 1 amide bonds. The first-order valence-electron chi connectivity index (χ1n) is 8.53. The molecule has 10 heteroatoms. The molecule has 0 bridgehead atoms. The van der Waals surface area contributed by atoms with E-state index in [9.17, 15) is 18.0 Å². The molecule has 0 aromatic heterocycles. The number of sulfonamides is 1. The molecule has 1 aromatic rings. The van der Waals surface area contributed by atoms with Gasteiger partial charge in [0.1, 0.15) is 18.5 Å². The number of fused-ring (bicyclic) bond motifs is 2. The first-order valence-corrected chi connectivity index (χ1v) is 10.4. The Balaban J connectivity index is 1.86. The summed E-state index contributed by atoms with van der Waals surface area (Å²) in [5, 5.41) is 8.97. The lowest BCUT2D eigenvalue weighted by molar-refractivity contribution is -0.148. The normalized spacial score (nSPS) is 25.5. The highest BCUT2D eigenvalue weighted by atomic mass is 32.2. The number of hydrogen-bond donors (Lipinski definition) is 2. The summed E-state index contributed by atoms with van der Waals surface area (Å²) >= 11 is 0. The number of likely N-dealkylation sites (N-methyl/N-ethyl adjacent to an activating group) is 1. The molecule has 148 valence electrons. The number of anilines is 1. The minimum absolute atomic E-state index is 0.0853. The molecule has 2 aliphatic heterocycles. The number of ether oxygens (including phenoxy) is 2. The fourth-order valence-corrected chi connectivity index (χ4v) is 4.05. The second-order valence-corrected chi connectivity index (χ2v) is 8.60. The van der Waals surface area contributed by atoms with Gasteiger partial charge in [-0.25, -0.2) is 8.42 Å². The fraction of sp³-hybridized carbons (Fsp3) is 0.529. The molecule has 0 spiro atoms. The van der Waals surface area contributed by atoms with E-state index in [0.717, 1.165) is 6.26 Å². The Kier molecular flexibility index (Phi) is 5.29. The maximum atomic E-state index is 12.9. The lowest BCUT2D eigenvalue weighted by atomic mass is 9.95. The number of rotatable bonds is 4. The monoisotopic (exact) mass is 398 g/mol. The van der Waals surface area contributed by atoms with Crippen LogP contribution in [0.3, 0.4) is 0 Å². The van der Waals surface area contributed by atoms with Gasteiger partial charge in [0.2, 0.25) is 10.0 Å². The Morgan fingerprint density at radius 1 is 1.37 bits per heavy atom. The van der Waals surface area contributed by atoms with Crippen LogP contribution >= 0.6 is 0 Å². The van der Waals surface area contributed by atoms with E-state index in [1.54, 1.807) is 11.9 Å². The number of carbonyl (C=O) groups excluding carboxylic acids is 1. The molecule has 2 aliphatic rings. The van der Waals surface area contributed by atoms with E-state index in [2.05, 4.69) is 4.72 Å². The summed E-state index contributed by atoms with van der Waals surface area (Å²) in [6.07, 6.45) is 1.25. The number of aliphatic carboxylic acids is 1. The lowest BCUT2D eigenvalue weighted by Gasteiger charge is -2.42. The highest BCUT2D eigenvalue weighted by Gasteiger charge is 2.39. The van der Waals surface area contributed by atoms with E-state index in [4.69, 9.17) is 14.6 Å². The van der Waals surface area contributed by atoms with Crippen LogP contribution in [-0.4, -0.2) is 68.5 Å². The summed E-state index contributed by atoms with van der Waals surface area (Å²) < 4.78 is 36.8. The van der Waals surface area contributed by atoms with Gasteiger partial charge in [0.05, 0.1) is 30.4 Å². The second-order valence-electron chi connectivity index (χ2n) is 6.85. The van der Waals surface area contributed by atoms with Gasteiger partial charge in [-0.2, -0.15) is 0 Å². The van der Waals surface area contributed by atoms with Crippen LogP contribution in [0, 0.1) is 0 Å². The zero-order valence-corrected chi connectivity index (χ0v) is 15.9. The van der Waals surface area contributed by atoms with Gasteiger partial charge in [-0.05, 0) is 31.0 Å².